The van der Waals surface area contributed by atoms with Crippen LogP contribution in [0, 0.1) is 0 Å². The number of carboxylic acids is 2. The first-order valence-electron chi connectivity index (χ1n) is 11.6. The maximum Gasteiger partial charge on any atom is 0.320 e. The van der Waals surface area contributed by atoms with Crippen LogP contribution in [0.5, 0.6) is 0 Å². The van der Waals surface area contributed by atoms with Crippen LogP contribution >= 0.6 is 0 Å². The van der Waals surface area contributed by atoms with Crippen LogP contribution in [0.25, 0.3) is 0 Å². The van der Waals surface area contributed by atoms with Crippen molar-refractivity contribution in [3.05, 3.63) is 60.8 Å². The van der Waals surface area contributed by atoms with E-state index in [9.17, 15) is 9.59 Å². The third kappa shape index (κ3) is 29.8. The maximum atomic E-state index is 10.3. The summed E-state index contributed by atoms with van der Waals surface area (Å²) in [5, 5.41) is 16.8. The van der Waals surface area contributed by atoms with E-state index in [1.54, 1.807) is 0 Å². The van der Waals surface area contributed by atoms with Gasteiger partial charge < -0.3 is 21.7 Å². The Hall–Kier alpha value is -2.44. The minimum absolute atomic E-state index is 0.258. The highest BCUT2D eigenvalue weighted by Gasteiger charge is 2.09. The van der Waals surface area contributed by atoms with Crippen LogP contribution in [0.3, 0.4) is 0 Å². The van der Waals surface area contributed by atoms with Crippen LogP contribution < -0.4 is 11.5 Å². The lowest BCUT2D eigenvalue weighted by atomic mass is 10.1. The smallest absolute Gasteiger partial charge is 0.320 e. The number of rotatable bonds is 18. The zero-order valence-corrected chi connectivity index (χ0v) is 19.7. The molecule has 0 aliphatic heterocycles. The van der Waals surface area contributed by atoms with E-state index in [0.717, 1.165) is 57.8 Å². The molecule has 0 aromatic rings. The molecule has 0 heterocycles. The molecule has 0 aliphatic rings. The maximum absolute atomic E-state index is 10.3. The van der Waals surface area contributed by atoms with Crippen molar-refractivity contribution in [2.45, 2.75) is 83.6 Å². The van der Waals surface area contributed by atoms with Gasteiger partial charge in [-0.3, -0.25) is 9.59 Å². The fourth-order valence-electron chi connectivity index (χ4n) is 2.37. The summed E-state index contributed by atoms with van der Waals surface area (Å²) < 4.78 is 0. The Morgan fingerprint density at radius 1 is 0.750 bits per heavy atom. The van der Waals surface area contributed by atoms with Crippen molar-refractivity contribution in [1.29, 1.82) is 0 Å². The van der Waals surface area contributed by atoms with E-state index < -0.39 is 18.0 Å². The number of carbonyl (C=O) groups is 2. The highest BCUT2D eigenvalue weighted by atomic mass is 16.4. The molecule has 0 bridgehead atoms. The Labute approximate surface area is 194 Å². The highest BCUT2D eigenvalue weighted by Crippen LogP contribution is 1.99. The molecular weight excluding hydrogens is 404 g/mol. The lowest BCUT2D eigenvalue weighted by Gasteiger charge is -2.03. The van der Waals surface area contributed by atoms with Crippen molar-refractivity contribution in [2.24, 2.45) is 11.5 Å². The van der Waals surface area contributed by atoms with E-state index in [1.807, 2.05) is 0 Å². The molecule has 0 aromatic heterocycles. The molecule has 182 valence electrons. The first kappa shape index (κ1) is 31.7. The molecule has 6 heteroatoms. The van der Waals surface area contributed by atoms with E-state index in [1.165, 1.54) is 0 Å². The molecule has 1 atom stereocenters. The Balaban J connectivity index is 0. The van der Waals surface area contributed by atoms with Gasteiger partial charge in [-0.1, -0.05) is 74.1 Å². The minimum Gasteiger partial charge on any atom is -0.481 e. The molecule has 0 radical (unpaired) electrons. The van der Waals surface area contributed by atoms with Crippen molar-refractivity contribution in [1.82, 2.24) is 0 Å². The quantitative estimate of drug-likeness (QED) is 0.161. The first-order valence-corrected chi connectivity index (χ1v) is 11.6. The first-order chi connectivity index (χ1) is 15.5. The van der Waals surface area contributed by atoms with Crippen LogP contribution in [-0.2, 0) is 9.59 Å². The van der Waals surface area contributed by atoms with Gasteiger partial charge in [0, 0.05) is 6.42 Å². The van der Waals surface area contributed by atoms with Gasteiger partial charge >= 0.3 is 11.9 Å². The number of unbranched alkanes of at least 4 members (excludes halogenated alkanes) is 2. The third-order valence-corrected chi connectivity index (χ3v) is 4.21. The molecule has 0 saturated carbocycles. The van der Waals surface area contributed by atoms with Gasteiger partial charge in [-0.2, -0.15) is 0 Å². The topological polar surface area (TPSA) is 127 Å². The Morgan fingerprint density at radius 2 is 1.22 bits per heavy atom. The van der Waals surface area contributed by atoms with E-state index in [-0.39, 0.29) is 6.42 Å². The van der Waals surface area contributed by atoms with Gasteiger partial charge in [0.25, 0.3) is 0 Å². The average molecular weight is 449 g/mol. The van der Waals surface area contributed by atoms with Crippen LogP contribution in [0.15, 0.2) is 60.8 Å². The zero-order valence-electron chi connectivity index (χ0n) is 19.7. The standard InChI is InChI=1S/C20H30O2.C6H14N2O2/c1-2-3-4-5-6-7-8-9-10-11-12-13-14-15-16-17-18-19-20(21)22;7-4-2-1-3-5(8)6(9)10/h3-4,6-7,9-10,12-13,15-16H,2,5,8,11,14,17-19H2,1H3,(H,21,22);5H,1-4,7-8H2,(H,9,10)/b4-3-,7-6-,10-9-,13-12-,16-15-;/t;5-/m.0/s1. The fraction of sp³-hybridized carbons (Fsp3) is 0.538. The van der Waals surface area contributed by atoms with Crippen LogP contribution in [0.2, 0.25) is 0 Å². The predicted octanol–water partition coefficient (Wildman–Crippen LogP) is 5.52. The van der Waals surface area contributed by atoms with Crippen LogP contribution in [0.1, 0.15) is 77.6 Å². The molecule has 0 aliphatic carbocycles. The number of hydrogen-bond donors (Lipinski definition) is 4. The van der Waals surface area contributed by atoms with E-state index >= 15 is 0 Å². The molecule has 0 spiro atoms. The van der Waals surface area contributed by atoms with Crippen LogP contribution in [0.4, 0.5) is 0 Å². The SMILES string of the molecule is CC/C=C\C/C=C\C/C=C\C/C=C\C/C=C\CCCC(=O)O.NCCCC[C@H](N)C(=O)O. The van der Waals surface area contributed by atoms with Gasteiger partial charge in [0.2, 0.25) is 0 Å². The van der Waals surface area contributed by atoms with Crippen molar-refractivity contribution in [3.8, 4) is 0 Å². The Kier molecular flexibility index (Phi) is 26.4. The summed E-state index contributed by atoms with van der Waals surface area (Å²) in [4.78, 5) is 20.4. The summed E-state index contributed by atoms with van der Waals surface area (Å²) >= 11 is 0. The summed E-state index contributed by atoms with van der Waals surface area (Å²) in [7, 11) is 0. The lowest BCUT2D eigenvalue weighted by Crippen LogP contribution is -2.29. The zero-order chi connectivity index (χ0) is 24.3. The second kappa shape index (κ2) is 26.6. The number of hydrogen-bond acceptors (Lipinski definition) is 4. The molecule has 0 amide bonds. The molecule has 0 aromatic carbocycles. The molecule has 6 nitrogen and oxygen atoms in total. The average Bonchev–Trinajstić information content (AvgIpc) is 2.76. The Bertz CT molecular complexity index is 593. The lowest BCUT2D eigenvalue weighted by molar-refractivity contribution is -0.139. The van der Waals surface area contributed by atoms with Crippen molar-refractivity contribution in [3.63, 3.8) is 0 Å². The molecule has 0 saturated heterocycles. The fourth-order valence-corrected chi connectivity index (χ4v) is 2.37. The molecular formula is C26H44N2O4. The molecule has 0 fully saturated rings. The highest BCUT2D eigenvalue weighted by molar-refractivity contribution is 5.72. The second-order valence-electron chi connectivity index (χ2n) is 7.22. The van der Waals surface area contributed by atoms with Gasteiger partial charge in [0.1, 0.15) is 6.04 Å². The van der Waals surface area contributed by atoms with Gasteiger partial charge in [-0.05, 0) is 64.3 Å². The number of nitrogens with two attached hydrogens (primary N) is 2. The summed E-state index contributed by atoms with van der Waals surface area (Å²) in [6, 6.07) is -0.716. The van der Waals surface area contributed by atoms with E-state index in [4.69, 9.17) is 21.7 Å². The summed E-state index contributed by atoms with van der Waals surface area (Å²) in [5.74, 6) is -1.65. The molecule has 0 rings (SSSR count). The van der Waals surface area contributed by atoms with E-state index in [2.05, 4.69) is 67.7 Å². The summed E-state index contributed by atoms with van der Waals surface area (Å²) in [6.07, 6.45) is 30.6. The van der Waals surface area contributed by atoms with Crippen molar-refractivity contribution < 1.29 is 19.8 Å². The molecule has 6 N–H and O–H groups in total. The summed E-state index contributed by atoms with van der Waals surface area (Å²) in [6.45, 7) is 2.75. The number of aliphatic carboxylic acids is 2. The second-order valence-corrected chi connectivity index (χ2v) is 7.22. The normalized spacial score (nSPS) is 12.8. The van der Waals surface area contributed by atoms with E-state index in [0.29, 0.717) is 13.0 Å². The minimum atomic E-state index is -0.933. The largest absolute Gasteiger partial charge is 0.481 e. The molecule has 0 unspecified atom stereocenters. The van der Waals surface area contributed by atoms with Crippen molar-refractivity contribution in [2.75, 3.05) is 6.54 Å². The van der Waals surface area contributed by atoms with Crippen LogP contribution in [-0.4, -0.2) is 34.7 Å². The molecule has 32 heavy (non-hydrogen) atoms. The number of allylic oxidation sites excluding steroid dienone is 10. The van der Waals surface area contributed by atoms with Gasteiger partial charge in [-0.25, -0.2) is 0 Å². The number of carboxylic acid groups (broad SMARTS) is 2. The Morgan fingerprint density at radius 3 is 1.62 bits per heavy atom. The summed E-state index contributed by atoms with van der Waals surface area (Å²) in [5.41, 5.74) is 10.4. The van der Waals surface area contributed by atoms with Crippen molar-refractivity contribution >= 4 is 11.9 Å². The third-order valence-electron chi connectivity index (χ3n) is 4.21. The predicted molar refractivity (Wildman–Crippen MR) is 134 cm³/mol. The van der Waals surface area contributed by atoms with Gasteiger partial charge in [0.15, 0.2) is 0 Å². The van der Waals surface area contributed by atoms with Gasteiger partial charge in [-0.15, -0.1) is 0 Å². The monoisotopic (exact) mass is 448 g/mol. The van der Waals surface area contributed by atoms with Gasteiger partial charge in [0.05, 0.1) is 0 Å².